The maximum Gasteiger partial charge on any atom is 0.338 e. The maximum atomic E-state index is 11.6. The number of cyclic esters (lactones) is 1. The summed E-state index contributed by atoms with van der Waals surface area (Å²) in [4.78, 5) is 55.5. The first-order valence-electron chi connectivity index (χ1n) is 36.1. The number of unbranched alkanes of at least 4 members (excludes halogenated alkanes) is 3. The highest BCUT2D eigenvalue weighted by Crippen LogP contribution is 2.43. The molecule has 1 aliphatic rings. The summed E-state index contributed by atoms with van der Waals surface area (Å²) in [5, 5.41) is 95.8. The van der Waals surface area contributed by atoms with Crippen LogP contribution in [0.4, 0.5) is 0 Å². The van der Waals surface area contributed by atoms with Crippen LogP contribution < -0.4 is 9.47 Å². The Balaban J connectivity index is 0.000000629. The lowest BCUT2D eigenvalue weighted by Crippen LogP contribution is -2.41. The van der Waals surface area contributed by atoms with Gasteiger partial charge in [0.1, 0.15) is 53.3 Å². The summed E-state index contributed by atoms with van der Waals surface area (Å²) in [5.41, 5.74) is 7.57. The monoisotopic (exact) mass is 1460 g/mol. The minimum Gasteiger partial charge on any atom is -0.508 e. The van der Waals surface area contributed by atoms with Crippen LogP contribution in [0, 0.1) is 0 Å². The van der Waals surface area contributed by atoms with Crippen LogP contribution in [0.3, 0.4) is 0 Å². The number of hydrogen-bond acceptors (Lipinski definition) is 21. The van der Waals surface area contributed by atoms with Gasteiger partial charge in [-0.15, -0.1) is 0 Å². The van der Waals surface area contributed by atoms with Crippen molar-refractivity contribution < 1.29 is 103 Å². The molecule has 1 fully saturated rings. The molecule has 0 aliphatic carbocycles. The van der Waals surface area contributed by atoms with Gasteiger partial charge in [-0.1, -0.05) is 196 Å². The summed E-state index contributed by atoms with van der Waals surface area (Å²) >= 11 is 0. The van der Waals surface area contributed by atoms with Gasteiger partial charge in [-0.3, -0.25) is 14.4 Å². The van der Waals surface area contributed by atoms with Crippen molar-refractivity contribution in [3.05, 3.63) is 123 Å². The smallest absolute Gasteiger partial charge is 0.338 e. The number of ether oxygens (including phenoxy) is 6. The third-order valence-electron chi connectivity index (χ3n) is 16.2. The Morgan fingerprint density at radius 2 is 0.865 bits per heavy atom. The van der Waals surface area contributed by atoms with Gasteiger partial charge in [-0.05, 0) is 154 Å². The first-order chi connectivity index (χ1) is 47.8. The predicted octanol–water partition coefficient (Wildman–Crippen LogP) is 16.0. The SMILES string of the molecule is CCC(=O)OCC(O)C1OC(=O)C(O)C1O.CCC(=O)Oc1ccc(O)c(C(C)(C)C)c1.CCCCCCc1cc(C(C)(C)C)c(O)c(C(C)(C)C)c1.CCCOc1ccc(O)c(C(C)(C)C)c1.CCOC(=O)CCc1cc(C(C)(C)C)c(O)c(C(C)(C)C)c1.CCOC(=O)c1cc(O)c(O)c(O)c1. The average Bonchev–Trinajstić information content (AvgIpc) is 1.79. The second-order valence-electron chi connectivity index (χ2n) is 31.8. The Morgan fingerprint density at radius 1 is 0.452 bits per heavy atom. The third-order valence-corrected chi connectivity index (χ3v) is 16.2. The van der Waals surface area contributed by atoms with Crippen molar-refractivity contribution in [1.82, 2.24) is 0 Å². The minimum absolute atomic E-state index is 0.0142. The molecular weight excluding hydrogens is 1330 g/mol. The summed E-state index contributed by atoms with van der Waals surface area (Å²) < 4.78 is 29.4. The Hall–Kier alpha value is -8.27. The zero-order valence-electron chi connectivity index (χ0n) is 66.6. The third kappa shape index (κ3) is 31.6. The van der Waals surface area contributed by atoms with E-state index in [0.717, 1.165) is 69.7 Å². The van der Waals surface area contributed by atoms with E-state index in [1.165, 1.54) is 31.2 Å². The molecule has 21 heteroatoms. The van der Waals surface area contributed by atoms with Gasteiger partial charge in [0.15, 0.2) is 29.5 Å². The minimum atomic E-state index is -1.67. The van der Waals surface area contributed by atoms with Crippen LogP contribution in [0.2, 0.25) is 0 Å². The molecule has 0 bridgehead atoms. The zero-order valence-corrected chi connectivity index (χ0v) is 66.6. The number of phenols is 7. The summed E-state index contributed by atoms with van der Waals surface area (Å²) in [6, 6.07) is 20.8. The molecular formula is C83H126O21. The lowest BCUT2D eigenvalue weighted by Gasteiger charge is -2.28. The average molecular weight is 1460 g/mol. The van der Waals surface area contributed by atoms with E-state index >= 15 is 0 Å². The standard InChI is InChI=1S/C20H34O.C19H30O3.C13H18O3.C13H20O2.C9H14O7.C9H10O5/c1-8-9-10-11-12-15-13-16(19(2,3)4)18(21)17(14-15)20(5,6)7;1-8-22-16(20)10-9-13-11-14(18(2,3)4)17(21)15(12-13)19(5,6)7;1-5-12(15)16-9-6-7-11(14)10(8-9)13(2,3)4;1-5-8-15-10-6-7-12(14)11(9-10)13(2,3)4;1-2-5(11)15-3-4(10)8-6(12)7(13)9(14)16-8;1-2-14-9(13)5-3-6(10)8(12)7(11)4-5/h13-14,21H,8-12H2,1-7H3;11-12,21H,8-10H2,1-7H3;6-8,14H,5H2,1-4H3;6-7,9,14H,5,8H2,1-4H3;4,6-8,10,12-13H,2-3H2,1H3;3-4,10-12H,2H2,1H3. The van der Waals surface area contributed by atoms with Gasteiger partial charge in [0.2, 0.25) is 0 Å². The van der Waals surface area contributed by atoms with E-state index in [-0.39, 0.29) is 68.8 Å². The first-order valence-corrected chi connectivity index (χ1v) is 36.1. The fourth-order valence-corrected chi connectivity index (χ4v) is 10.2. The molecule has 584 valence electrons. The number of aliphatic hydroxyl groups is 3. The molecule has 4 unspecified atom stereocenters. The number of aliphatic hydroxyl groups excluding tert-OH is 3. The van der Waals surface area contributed by atoms with Crippen LogP contribution in [0.1, 0.15) is 272 Å². The number of esters is 5. The number of phenolic OH excluding ortho intramolecular Hbond substituents is 7. The molecule has 5 aromatic carbocycles. The number of carbonyl (C=O) groups excluding carboxylic acids is 5. The van der Waals surface area contributed by atoms with Gasteiger partial charge in [0.25, 0.3) is 0 Å². The normalized spacial score (nSPS) is 14.6. The molecule has 5 aromatic rings. The fourth-order valence-electron chi connectivity index (χ4n) is 10.2. The zero-order chi connectivity index (χ0) is 80.2. The van der Waals surface area contributed by atoms with Gasteiger partial charge in [0, 0.05) is 30.4 Å². The molecule has 0 spiro atoms. The number of carbonyl (C=O) groups is 5. The highest BCUT2D eigenvalue weighted by atomic mass is 16.6. The Morgan fingerprint density at radius 3 is 1.24 bits per heavy atom. The topological polar surface area (TPSA) is 343 Å². The van der Waals surface area contributed by atoms with Gasteiger partial charge in [-0.2, -0.15) is 0 Å². The highest BCUT2D eigenvalue weighted by Gasteiger charge is 2.46. The molecule has 0 amide bonds. The van der Waals surface area contributed by atoms with Crippen molar-refractivity contribution in [2.24, 2.45) is 0 Å². The fraction of sp³-hybridized carbons (Fsp3) is 0.578. The van der Waals surface area contributed by atoms with Gasteiger partial charge in [0.05, 0.1) is 25.4 Å². The lowest BCUT2D eigenvalue weighted by molar-refractivity contribution is -0.156. The van der Waals surface area contributed by atoms with Crippen LogP contribution >= 0.6 is 0 Å². The molecule has 0 aromatic heterocycles. The first kappa shape index (κ1) is 93.7. The van der Waals surface area contributed by atoms with Crippen LogP contribution in [-0.2, 0) is 83.5 Å². The summed E-state index contributed by atoms with van der Waals surface area (Å²) in [6.45, 7) is 49.8. The second-order valence-corrected chi connectivity index (χ2v) is 31.8. The molecule has 10 N–H and O–H groups in total. The number of aryl methyl sites for hydroxylation is 2. The van der Waals surface area contributed by atoms with E-state index in [1.807, 2.05) is 45.9 Å². The molecule has 6 rings (SSSR count). The van der Waals surface area contributed by atoms with E-state index in [0.29, 0.717) is 55.5 Å². The van der Waals surface area contributed by atoms with Crippen LogP contribution in [0.25, 0.3) is 0 Å². The van der Waals surface area contributed by atoms with E-state index in [2.05, 4.69) is 144 Å². The molecule has 1 saturated heterocycles. The number of benzene rings is 5. The van der Waals surface area contributed by atoms with E-state index in [4.69, 9.17) is 34.6 Å². The van der Waals surface area contributed by atoms with Crippen LogP contribution in [-0.4, -0.2) is 132 Å². The van der Waals surface area contributed by atoms with E-state index < -0.39 is 66.2 Å². The molecule has 104 heavy (non-hydrogen) atoms. The van der Waals surface area contributed by atoms with Crippen molar-refractivity contribution >= 4 is 29.8 Å². The molecule has 1 aliphatic heterocycles. The van der Waals surface area contributed by atoms with Crippen molar-refractivity contribution in [2.45, 2.75) is 287 Å². The Bertz CT molecular complexity index is 3430. The van der Waals surface area contributed by atoms with Crippen molar-refractivity contribution in [2.75, 3.05) is 26.4 Å². The molecule has 4 atom stereocenters. The quantitative estimate of drug-likeness (QED) is 0.0114. The Kier molecular flexibility index (Phi) is 37.9. The molecule has 21 nitrogen and oxygen atoms in total. The lowest BCUT2D eigenvalue weighted by atomic mass is 9.78. The second kappa shape index (κ2) is 42.0. The Labute approximate surface area is 618 Å². The molecule has 1 heterocycles. The summed E-state index contributed by atoms with van der Waals surface area (Å²) in [5.74, 6) is -1.67. The van der Waals surface area contributed by atoms with Crippen LogP contribution in [0.5, 0.6) is 51.7 Å². The van der Waals surface area contributed by atoms with Crippen LogP contribution in [0.15, 0.2) is 72.8 Å². The van der Waals surface area contributed by atoms with E-state index in [9.17, 15) is 54.6 Å². The van der Waals surface area contributed by atoms with Crippen molar-refractivity contribution in [1.29, 1.82) is 0 Å². The number of aromatic hydroxyl groups is 7. The van der Waals surface area contributed by atoms with Crippen molar-refractivity contribution in [3.8, 4) is 51.7 Å². The largest absolute Gasteiger partial charge is 0.508 e. The van der Waals surface area contributed by atoms with Gasteiger partial charge >= 0.3 is 29.8 Å². The predicted molar refractivity (Wildman–Crippen MR) is 406 cm³/mol. The number of hydrogen-bond donors (Lipinski definition) is 10. The maximum absolute atomic E-state index is 11.6. The molecule has 0 radical (unpaired) electrons. The highest BCUT2D eigenvalue weighted by molar-refractivity contribution is 5.91. The number of rotatable bonds is 20. The summed E-state index contributed by atoms with van der Waals surface area (Å²) in [7, 11) is 0. The van der Waals surface area contributed by atoms with E-state index in [1.54, 1.807) is 51.1 Å². The van der Waals surface area contributed by atoms with Gasteiger partial charge < -0.3 is 79.5 Å². The van der Waals surface area contributed by atoms with Gasteiger partial charge in [-0.25, -0.2) is 9.59 Å². The summed E-state index contributed by atoms with van der Waals surface area (Å²) in [6.07, 6.45) is 2.93. The molecule has 0 saturated carbocycles. The van der Waals surface area contributed by atoms with Crippen molar-refractivity contribution in [3.63, 3.8) is 0 Å².